The fraction of sp³-hybridized carbons (Fsp3) is 0.273. The van der Waals surface area contributed by atoms with Crippen LogP contribution in [0, 0.1) is 5.92 Å². The Morgan fingerprint density at radius 1 is 0.968 bits per heavy atom. The Bertz CT molecular complexity index is 945. The highest BCUT2D eigenvalue weighted by Crippen LogP contribution is 2.13. The molecule has 2 aromatic carbocycles. The molecule has 4 N–H and O–H groups in total. The Hall–Kier alpha value is -3.46. The van der Waals surface area contributed by atoms with Crippen LogP contribution in [-0.4, -0.2) is 29.4 Å². The minimum atomic E-state index is -0.451. The van der Waals surface area contributed by atoms with E-state index >= 15 is 0 Å². The standard InChI is InChI=1S/C22H26N4O4S/c1-4-12-30-18-7-5-6-16(13-18)20(28)24-22(31)26-25-21(29)15-8-10-17(11-9-15)23-19(27)14(2)3/h5-11,13-14H,4,12H2,1-3H3,(H,23,27)(H,25,29)(H2,24,26,28,31). The quantitative estimate of drug-likeness (QED) is 0.388. The van der Waals surface area contributed by atoms with E-state index in [0.717, 1.165) is 6.42 Å². The number of amides is 3. The normalized spacial score (nSPS) is 10.2. The number of ether oxygens (including phenoxy) is 1. The molecular weight excluding hydrogens is 416 g/mol. The molecule has 0 aliphatic heterocycles. The second-order valence-electron chi connectivity index (χ2n) is 6.96. The van der Waals surface area contributed by atoms with Crippen LogP contribution in [0.3, 0.4) is 0 Å². The number of rotatable bonds is 7. The van der Waals surface area contributed by atoms with Crippen molar-refractivity contribution in [3.05, 3.63) is 59.7 Å². The minimum Gasteiger partial charge on any atom is -0.494 e. The molecule has 2 rings (SSSR count). The highest BCUT2D eigenvalue weighted by Gasteiger charge is 2.11. The maximum Gasteiger partial charge on any atom is 0.269 e. The molecule has 0 saturated carbocycles. The summed E-state index contributed by atoms with van der Waals surface area (Å²) in [5.41, 5.74) is 6.23. The maximum atomic E-state index is 12.3. The van der Waals surface area contributed by atoms with Gasteiger partial charge < -0.3 is 10.1 Å². The molecule has 0 aromatic heterocycles. The molecule has 2 aromatic rings. The lowest BCUT2D eigenvalue weighted by Crippen LogP contribution is -2.48. The first-order valence-electron chi connectivity index (χ1n) is 9.85. The number of nitrogens with one attached hydrogen (secondary N) is 4. The van der Waals surface area contributed by atoms with Gasteiger partial charge in [-0.1, -0.05) is 26.8 Å². The van der Waals surface area contributed by atoms with E-state index < -0.39 is 11.8 Å². The molecule has 0 radical (unpaired) electrons. The third-order valence-electron chi connectivity index (χ3n) is 4.02. The van der Waals surface area contributed by atoms with Crippen LogP contribution in [0.25, 0.3) is 0 Å². The monoisotopic (exact) mass is 442 g/mol. The molecule has 0 aliphatic carbocycles. The number of carbonyl (C=O) groups is 3. The molecular formula is C22H26N4O4S. The number of thiocarbonyl (C=S) groups is 1. The van der Waals surface area contributed by atoms with Gasteiger partial charge in [-0.15, -0.1) is 0 Å². The number of hydrogen-bond donors (Lipinski definition) is 4. The molecule has 9 heteroatoms. The minimum absolute atomic E-state index is 0.0564. The highest BCUT2D eigenvalue weighted by molar-refractivity contribution is 7.80. The summed E-state index contributed by atoms with van der Waals surface area (Å²) < 4.78 is 5.51. The van der Waals surface area contributed by atoms with Crippen molar-refractivity contribution in [1.82, 2.24) is 16.2 Å². The van der Waals surface area contributed by atoms with E-state index in [-0.39, 0.29) is 16.9 Å². The number of carbonyl (C=O) groups excluding carboxylic acids is 3. The van der Waals surface area contributed by atoms with Gasteiger partial charge in [-0.2, -0.15) is 0 Å². The lowest BCUT2D eigenvalue weighted by atomic mass is 10.1. The zero-order valence-electron chi connectivity index (χ0n) is 17.7. The van der Waals surface area contributed by atoms with Gasteiger partial charge in [-0.3, -0.25) is 30.6 Å². The van der Waals surface area contributed by atoms with Crippen LogP contribution < -0.4 is 26.2 Å². The van der Waals surface area contributed by atoms with Gasteiger partial charge in [0.25, 0.3) is 11.8 Å². The summed E-state index contributed by atoms with van der Waals surface area (Å²) >= 11 is 5.06. The van der Waals surface area contributed by atoms with E-state index in [9.17, 15) is 14.4 Å². The average Bonchev–Trinajstić information content (AvgIpc) is 2.76. The molecule has 0 aliphatic rings. The van der Waals surface area contributed by atoms with Crippen molar-refractivity contribution < 1.29 is 19.1 Å². The van der Waals surface area contributed by atoms with E-state index in [1.54, 1.807) is 62.4 Å². The van der Waals surface area contributed by atoms with Crippen LogP contribution in [0.4, 0.5) is 5.69 Å². The third-order valence-corrected chi connectivity index (χ3v) is 4.23. The van der Waals surface area contributed by atoms with E-state index in [1.165, 1.54) is 0 Å². The van der Waals surface area contributed by atoms with Gasteiger partial charge in [-0.05, 0) is 61.1 Å². The van der Waals surface area contributed by atoms with Crippen molar-refractivity contribution in [3.63, 3.8) is 0 Å². The molecule has 0 saturated heterocycles. The molecule has 0 atom stereocenters. The fourth-order valence-corrected chi connectivity index (χ4v) is 2.47. The van der Waals surface area contributed by atoms with Crippen LogP contribution >= 0.6 is 12.2 Å². The zero-order chi connectivity index (χ0) is 22.8. The number of anilines is 1. The summed E-state index contributed by atoms with van der Waals surface area (Å²) in [6.45, 7) is 6.14. The van der Waals surface area contributed by atoms with Crippen LogP contribution in [0.15, 0.2) is 48.5 Å². The first-order chi connectivity index (χ1) is 14.8. The van der Waals surface area contributed by atoms with Gasteiger partial charge in [0.1, 0.15) is 5.75 Å². The summed E-state index contributed by atoms with van der Waals surface area (Å²) in [6, 6.07) is 13.1. The average molecular weight is 443 g/mol. The lowest BCUT2D eigenvalue weighted by Gasteiger charge is -2.12. The van der Waals surface area contributed by atoms with E-state index in [0.29, 0.717) is 29.2 Å². The predicted octanol–water partition coefficient (Wildman–Crippen LogP) is 3.02. The molecule has 8 nitrogen and oxygen atoms in total. The first kappa shape index (κ1) is 23.8. The Labute approximate surface area is 186 Å². The summed E-state index contributed by atoms with van der Waals surface area (Å²) in [5.74, 6) is -0.542. The third kappa shape index (κ3) is 7.71. The van der Waals surface area contributed by atoms with Gasteiger partial charge >= 0.3 is 0 Å². The summed E-state index contributed by atoms with van der Waals surface area (Å²) in [4.78, 5) is 36.3. The van der Waals surface area contributed by atoms with Gasteiger partial charge in [0.2, 0.25) is 5.91 Å². The largest absolute Gasteiger partial charge is 0.494 e. The zero-order valence-corrected chi connectivity index (χ0v) is 18.5. The Balaban J connectivity index is 1.84. The van der Waals surface area contributed by atoms with Crippen molar-refractivity contribution in [1.29, 1.82) is 0 Å². The SMILES string of the molecule is CCCOc1cccc(C(=O)NC(=S)NNC(=O)c2ccc(NC(=O)C(C)C)cc2)c1. The van der Waals surface area contributed by atoms with Crippen molar-refractivity contribution in [2.75, 3.05) is 11.9 Å². The maximum absolute atomic E-state index is 12.3. The molecule has 0 heterocycles. The van der Waals surface area contributed by atoms with E-state index in [1.807, 2.05) is 6.92 Å². The van der Waals surface area contributed by atoms with Gasteiger partial charge in [0.15, 0.2) is 5.11 Å². The molecule has 31 heavy (non-hydrogen) atoms. The molecule has 0 bridgehead atoms. The lowest BCUT2D eigenvalue weighted by molar-refractivity contribution is -0.118. The first-order valence-corrected chi connectivity index (χ1v) is 10.3. The smallest absolute Gasteiger partial charge is 0.269 e. The molecule has 0 unspecified atom stereocenters. The Kier molecular flexibility index (Phi) is 8.95. The second-order valence-corrected chi connectivity index (χ2v) is 7.37. The molecule has 0 spiro atoms. The molecule has 164 valence electrons. The summed E-state index contributed by atoms with van der Waals surface area (Å²) in [5, 5.41) is 5.18. The predicted molar refractivity (Wildman–Crippen MR) is 123 cm³/mol. The highest BCUT2D eigenvalue weighted by atomic mass is 32.1. The van der Waals surface area contributed by atoms with Crippen LogP contribution in [0.1, 0.15) is 47.9 Å². The van der Waals surface area contributed by atoms with Gasteiger partial charge in [-0.25, -0.2) is 0 Å². The van der Waals surface area contributed by atoms with Crippen molar-refractivity contribution in [3.8, 4) is 5.75 Å². The summed E-state index contributed by atoms with van der Waals surface area (Å²) in [6.07, 6.45) is 0.861. The number of hydrogen-bond acceptors (Lipinski definition) is 5. The van der Waals surface area contributed by atoms with Crippen LogP contribution in [0.5, 0.6) is 5.75 Å². The van der Waals surface area contributed by atoms with Crippen molar-refractivity contribution >= 4 is 40.7 Å². The van der Waals surface area contributed by atoms with Crippen molar-refractivity contribution in [2.24, 2.45) is 5.92 Å². The second kappa shape index (κ2) is 11.7. The van der Waals surface area contributed by atoms with E-state index in [4.69, 9.17) is 17.0 Å². The van der Waals surface area contributed by atoms with Gasteiger partial charge in [0, 0.05) is 22.7 Å². The van der Waals surface area contributed by atoms with Gasteiger partial charge in [0.05, 0.1) is 6.61 Å². The number of hydrazine groups is 1. The van der Waals surface area contributed by atoms with Crippen molar-refractivity contribution in [2.45, 2.75) is 27.2 Å². The topological polar surface area (TPSA) is 109 Å². The fourth-order valence-electron chi connectivity index (χ4n) is 2.33. The van der Waals surface area contributed by atoms with E-state index in [2.05, 4.69) is 21.5 Å². The number of benzene rings is 2. The molecule has 0 fully saturated rings. The Morgan fingerprint density at radius 2 is 1.68 bits per heavy atom. The summed E-state index contributed by atoms with van der Waals surface area (Å²) in [7, 11) is 0. The Morgan fingerprint density at radius 3 is 2.32 bits per heavy atom. The van der Waals surface area contributed by atoms with Crippen LogP contribution in [0.2, 0.25) is 0 Å². The molecule has 3 amide bonds. The van der Waals surface area contributed by atoms with Crippen LogP contribution in [-0.2, 0) is 4.79 Å².